The number of fused-ring (bicyclic) bond motifs is 1. The molecule has 8 heteroatoms. The molecule has 1 N–H and O–H groups in total. The maximum Gasteiger partial charge on any atom is 0.270 e. The summed E-state index contributed by atoms with van der Waals surface area (Å²) < 4.78 is 5.67. The third-order valence-electron chi connectivity index (χ3n) is 2.80. The van der Waals surface area contributed by atoms with Gasteiger partial charge in [-0.2, -0.15) is 0 Å². The molecule has 0 aliphatic carbocycles. The largest absolute Gasteiger partial charge is 0.360 e. The predicted molar refractivity (Wildman–Crippen MR) is 77.7 cm³/mol. The van der Waals surface area contributed by atoms with Crippen molar-refractivity contribution in [1.29, 1.82) is 0 Å². The number of aromatic nitrogens is 1. The number of anilines is 1. The van der Waals surface area contributed by atoms with Crippen LogP contribution in [0.4, 0.5) is 11.5 Å². The molecular weight excluding hydrogens is 294 g/mol. The van der Waals surface area contributed by atoms with Crippen molar-refractivity contribution in [3.05, 3.63) is 51.1 Å². The molecule has 0 saturated carbocycles. The molecule has 3 aromatic rings. The Bertz CT molecular complexity index is 852. The number of nitro groups is 1. The molecule has 0 fully saturated rings. The van der Waals surface area contributed by atoms with E-state index in [2.05, 4.69) is 10.5 Å². The molecule has 2 heterocycles. The molecular formula is C13H9N3O4S. The van der Waals surface area contributed by atoms with Gasteiger partial charge in [0.15, 0.2) is 5.82 Å². The first-order valence-electron chi connectivity index (χ1n) is 5.95. The third kappa shape index (κ3) is 2.61. The molecule has 0 bridgehead atoms. The lowest BCUT2D eigenvalue weighted by Gasteiger charge is -1.96. The van der Waals surface area contributed by atoms with E-state index in [-0.39, 0.29) is 11.6 Å². The highest BCUT2D eigenvalue weighted by atomic mass is 32.1. The zero-order valence-electron chi connectivity index (χ0n) is 10.8. The van der Waals surface area contributed by atoms with E-state index in [0.29, 0.717) is 21.8 Å². The number of aryl methyl sites for hydroxylation is 1. The van der Waals surface area contributed by atoms with Gasteiger partial charge in [-0.05, 0) is 19.1 Å². The maximum atomic E-state index is 12.1. The number of non-ortho nitro benzene ring substituents is 1. The standard InChI is InChI=1S/C13H9N3O4S/c1-7-4-12(15-20-7)14-13(17)11-6-8-5-9(16(18)19)2-3-10(8)21-11/h2-6H,1H3,(H,14,15,17). The first-order valence-corrected chi connectivity index (χ1v) is 6.77. The molecule has 0 saturated heterocycles. The zero-order chi connectivity index (χ0) is 15.0. The molecule has 1 amide bonds. The van der Waals surface area contributed by atoms with Gasteiger partial charge in [-0.25, -0.2) is 0 Å². The predicted octanol–water partition coefficient (Wildman–Crippen LogP) is 3.36. The first kappa shape index (κ1) is 13.3. The summed E-state index contributed by atoms with van der Waals surface area (Å²) in [6.07, 6.45) is 0. The van der Waals surface area contributed by atoms with Crippen LogP contribution < -0.4 is 5.32 Å². The molecule has 1 aromatic carbocycles. The van der Waals surface area contributed by atoms with E-state index in [1.54, 1.807) is 25.1 Å². The van der Waals surface area contributed by atoms with Gasteiger partial charge in [-0.1, -0.05) is 5.16 Å². The van der Waals surface area contributed by atoms with Crippen molar-refractivity contribution in [3.8, 4) is 0 Å². The summed E-state index contributed by atoms with van der Waals surface area (Å²) in [6, 6.07) is 7.73. The third-order valence-corrected chi connectivity index (χ3v) is 3.92. The van der Waals surface area contributed by atoms with E-state index >= 15 is 0 Å². The second kappa shape index (κ2) is 4.98. The Labute approximate surface area is 122 Å². The van der Waals surface area contributed by atoms with Gasteiger partial charge in [0.25, 0.3) is 11.6 Å². The maximum absolute atomic E-state index is 12.1. The van der Waals surface area contributed by atoms with Crippen LogP contribution in [-0.2, 0) is 0 Å². The van der Waals surface area contributed by atoms with Gasteiger partial charge >= 0.3 is 0 Å². The molecule has 0 aliphatic rings. The number of thiophene rings is 1. The van der Waals surface area contributed by atoms with Gasteiger partial charge < -0.3 is 9.84 Å². The first-order chi connectivity index (χ1) is 10.0. The molecule has 106 valence electrons. The summed E-state index contributed by atoms with van der Waals surface area (Å²) in [5, 5.41) is 17.7. The van der Waals surface area contributed by atoms with Gasteiger partial charge in [0.05, 0.1) is 9.80 Å². The van der Waals surface area contributed by atoms with E-state index in [1.807, 2.05) is 0 Å². The fraction of sp³-hybridized carbons (Fsp3) is 0.0769. The quantitative estimate of drug-likeness (QED) is 0.591. The number of hydrogen-bond acceptors (Lipinski definition) is 6. The smallest absolute Gasteiger partial charge is 0.270 e. The number of nitro benzene ring substituents is 1. The fourth-order valence-corrected chi connectivity index (χ4v) is 2.80. The van der Waals surface area contributed by atoms with Gasteiger partial charge in [0, 0.05) is 28.3 Å². The molecule has 0 aliphatic heterocycles. The van der Waals surface area contributed by atoms with Gasteiger partial charge in [0.2, 0.25) is 0 Å². The summed E-state index contributed by atoms with van der Waals surface area (Å²) in [4.78, 5) is 22.8. The van der Waals surface area contributed by atoms with Crippen LogP contribution >= 0.6 is 11.3 Å². The second-order valence-corrected chi connectivity index (χ2v) is 5.45. The van der Waals surface area contributed by atoms with Crippen molar-refractivity contribution in [2.75, 3.05) is 5.32 Å². The summed E-state index contributed by atoms with van der Waals surface area (Å²) in [5.74, 6) is 0.602. The highest BCUT2D eigenvalue weighted by Crippen LogP contribution is 2.29. The topological polar surface area (TPSA) is 98.3 Å². The van der Waals surface area contributed by atoms with Crippen LogP contribution in [0.25, 0.3) is 10.1 Å². The fourth-order valence-electron chi connectivity index (χ4n) is 1.86. The van der Waals surface area contributed by atoms with Gasteiger partial charge in [0.1, 0.15) is 5.76 Å². The van der Waals surface area contributed by atoms with Crippen LogP contribution in [0.3, 0.4) is 0 Å². The van der Waals surface area contributed by atoms with E-state index in [0.717, 1.165) is 4.70 Å². The Balaban J connectivity index is 1.89. The molecule has 0 spiro atoms. The Hall–Kier alpha value is -2.74. The average molecular weight is 303 g/mol. The number of benzene rings is 1. The zero-order valence-corrected chi connectivity index (χ0v) is 11.6. The molecule has 7 nitrogen and oxygen atoms in total. The Morgan fingerprint density at radius 3 is 2.86 bits per heavy atom. The minimum Gasteiger partial charge on any atom is -0.360 e. The highest BCUT2D eigenvalue weighted by Gasteiger charge is 2.14. The summed E-state index contributed by atoms with van der Waals surface area (Å²) in [5.41, 5.74) is -0.000570. The van der Waals surface area contributed by atoms with E-state index in [4.69, 9.17) is 4.52 Å². The minimum atomic E-state index is -0.463. The lowest BCUT2D eigenvalue weighted by atomic mass is 10.2. The number of carbonyl (C=O) groups is 1. The summed E-state index contributed by atoms with van der Waals surface area (Å²) >= 11 is 1.26. The van der Waals surface area contributed by atoms with E-state index in [1.165, 1.54) is 23.5 Å². The molecule has 0 atom stereocenters. The lowest BCUT2D eigenvalue weighted by Crippen LogP contribution is -2.10. The molecule has 0 radical (unpaired) electrons. The van der Waals surface area contributed by atoms with E-state index < -0.39 is 4.92 Å². The van der Waals surface area contributed by atoms with Crippen molar-refractivity contribution < 1.29 is 14.2 Å². The van der Waals surface area contributed by atoms with Crippen molar-refractivity contribution in [2.24, 2.45) is 0 Å². The van der Waals surface area contributed by atoms with Gasteiger partial charge in [-0.15, -0.1) is 11.3 Å². The van der Waals surface area contributed by atoms with Crippen LogP contribution in [0, 0.1) is 17.0 Å². The highest BCUT2D eigenvalue weighted by molar-refractivity contribution is 7.20. The Morgan fingerprint density at radius 2 is 2.19 bits per heavy atom. The lowest BCUT2D eigenvalue weighted by molar-refractivity contribution is -0.384. The Morgan fingerprint density at radius 1 is 1.38 bits per heavy atom. The molecule has 2 aromatic heterocycles. The van der Waals surface area contributed by atoms with Crippen LogP contribution in [0.1, 0.15) is 15.4 Å². The summed E-state index contributed by atoms with van der Waals surface area (Å²) in [7, 11) is 0. The SMILES string of the molecule is Cc1cc(NC(=O)c2cc3cc([N+](=O)[O-])ccc3s2)no1. The van der Waals surface area contributed by atoms with Crippen molar-refractivity contribution in [1.82, 2.24) is 5.16 Å². The van der Waals surface area contributed by atoms with E-state index in [9.17, 15) is 14.9 Å². The van der Waals surface area contributed by atoms with Crippen LogP contribution in [0.2, 0.25) is 0 Å². The monoisotopic (exact) mass is 303 g/mol. The molecule has 3 rings (SSSR count). The number of hydrogen-bond donors (Lipinski definition) is 1. The molecule has 21 heavy (non-hydrogen) atoms. The van der Waals surface area contributed by atoms with Crippen molar-refractivity contribution in [2.45, 2.75) is 6.92 Å². The molecule has 0 unspecified atom stereocenters. The van der Waals surface area contributed by atoms with Crippen LogP contribution in [0.15, 0.2) is 34.9 Å². The number of rotatable bonds is 3. The number of nitrogens with one attached hydrogen (secondary N) is 1. The van der Waals surface area contributed by atoms with Crippen LogP contribution in [0.5, 0.6) is 0 Å². The number of nitrogens with zero attached hydrogens (tertiary/aromatic N) is 2. The number of amides is 1. The van der Waals surface area contributed by atoms with Crippen molar-refractivity contribution >= 4 is 38.8 Å². The normalized spacial score (nSPS) is 10.7. The second-order valence-electron chi connectivity index (χ2n) is 4.37. The van der Waals surface area contributed by atoms with Crippen molar-refractivity contribution in [3.63, 3.8) is 0 Å². The Kier molecular flexibility index (Phi) is 3.15. The minimum absolute atomic E-state index is 0.000570. The number of carbonyl (C=O) groups excluding carboxylic acids is 1. The summed E-state index contributed by atoms with van der Waals surface area (Å²) in [6.45, 7) is 1.72. The van der Waals surface area contributed by atoms with Gasteiger partial charge in [-0.3, -0.25) is 14.9 Å². The van der Waals surface area contributed by atoms with Crippen LogP contribution in [-0.4, -0.2) is 16.0 Å². The average Bonchev–Trinajstić information content (AvgIpc) is 3.03.